The molecular weight excluding hydrogens is 629 g/mol. The van der Waals surface area contributed by atoms with Gasteiger partial charge in [-0.15, -0.1) is 0 Å². The Hall–Kier alpha value is -6.90. The lowest BCUT2D eigenvalue weighted by molar-refractivity contribution is 1.18. The molecule has 0 N–H and O–H groups in total. The molecule has 12 rings (SSSR count). The molecule has 52 heavy (non-hydrogen) atoms. The molecular formula is C50H30N2. The fraction of sp³-hybridized carbons (Fsp3) is 0. The number of para-hydroxylation sites is 2. The molecule has 2 heterocycles. The highest BCUT2D eigenvalue weighted by Gasteiger charge is 2.26. The van der Waals surface area contributed by atoms with Gasteiger partial charge in [-0.2, -0.15) is 0 Å². The van der Waals surface area contributed by atoms with Gasteiger partial charge in [0.15, 0.2) is 0 Å². The van der Waals surface area contributed by atoms with E-state index in [1.54, 1.807) is 0 Å². The van der Waals surface area contributed by atoms with Gasteiger partial charge in [0.1, 0.15) is 0 Å². The number of nitrogens with zero attached hydrogens (tertiary/aromatic N) is 2. The predicted molar refractivity (Wildman–Crippen MR) is 220 cm³/mol. The summed E-state index contributed by atoms with van der Waals surface area (Å²) in [5, 5.41) is 10.3. The zero-order valence-corrected chi connectivity index (χ0v) is 28.2. The van der Waals surface area contributed by atoms with Gasteiger partial charge in [-0.3, -0.25) is 0 Å². The van der Waals surface area contributed by atoms with Crippen molar-refractivity contribution in [2.45, 2.75) is 0 Å². The topological polar surface area (TPSA) is 9.86 Å². The lowest BCUT2D eigenvalue weighted by Gasteiger charge is -2.14. The highest BCUT2D eigenvalue weighted by molar-refractivity contribution is 6.36. The summed E-state index contributed by atoms with van der Waals surface area (Å²) in [6.07, 6.45) is 0. The van der Waals surface area contributed by atoms with Crippen molar-refractivity contribution < 1.29 is 0 Å². The molecule has 9 aromatic carbocycles. The summed E-state index contributed by atoms with van der Waals surface area (Å²) in [5.74, 6) is 0. The molecule has 0 spiro atoms. The zero-order valence-electron chi connectivity index (χ0n) is 28.2. The second-order valence-corrected chi connectivity index (χ2v) is 14.0. The monoisotopic (exact) mass is 658 g/mol. The van der Waals surface area contributed by atoms with E-state index in [1.807, 2.05) is 0 Å². The SMILES string of the molecule is c1ccc(-c2ccc(-n3c4ccccc4c4c5ccccc5c5c(c6ccccc6n5-c5ccc6c(c5)-c5cccc7cccc-6c57)c43)cc2)cc1. The van der Waals surface area contributed by atoms with Crippen LogP contribution in [0.2, 0.25) is 0 Å². The molecule has 1 aliphatic carbocycles. The van der Waals surface area contributed by atoms with Gasteiger partial charge in [0.05, 0.1) is 22.1 Å². The maximum Gasteiger partial charge on any atom is 0.0647 e. The first kappa shape index (κ1) is 27.9. The molecule has 0 bridgehead atoms. The van der Waals surface area contributed by atoms with E-state index in [-0.39, 0.29) is 0 Å². The van der Waals surface area contributed by atoms with E-state index < -0.39 is 0 Å². The standard InChI is InChI=1S/C50H30N2/c1-2-12-31(13-3-1)32-24-26-34(27-25-32)51-44-22-8-6-18-41(44)47-38-16-4-5-17-40(38)49-48(50(47)51)42-19-7-9-23-45(42)52(49)35-28-29-36-37-20-10-14-33-15-11-21-39(46(33)37)43(36)30-35/h1-30H. The number of hydrogen-bond donors (Lipinski definition) is 0. The van der Waals surface area contributed by atoms with E-state index >= 15 is 0 Å². The first-order chi connectivity index (χ1) is 25.8. The Morgan fingerprint density at radius 2 is 0.846 bits per heavy atom. The van der Waals surface area contributed by atoms with Crippen LogP contribution in [-0.2, 0) is 0 Å². The van der Waals surface area contributed by atoms with E-state index in [9.17, 15) is 0 Å². The van der Waals surface area contributed by atoms with Gasteiger partial charge in [0.25, 0.3) is 0 Å². The molecule has 0 atom stereocenters. The van der Waals surface area contributed by atoms with Gasteiger partial charge in [0.2, 0.25) is 0 Å². The van der Waals surface area contributed by atoms with E-state index in [4.69, 9.17) is 0 Å². The average Bonchev–Trinajstić information content (AvgIpc) is 3.86. The summed E-state index contributed by atoms with van der Waals surface area (Å²) < 4.78 is 5.03. The Morgan fingerprint density at radius 1 is 0.288 bits per heavy atom. The first-order valence-corrected chi connectivity index (χ1v) is 18.0. The van der Waals surface area contributed by atoms with Crippen molar-refractivity contribution in [3.05, 3.63) is 182 Å². The van der Waals surface area contributed by atoms with Gasteiger partial charge in [-0.25, -0.2) is 0 Å². The van der Waals surface area contributed by atoms with Crippen molar-refractivity contribution in [2.75, 3.05) is 0 Å². The summed E-state index contributed by atoms with van der Waals surface area (Å²) in [5.41, 5.74) is 14.9. The molecule has 2 nitrogen and oxygen atoms in total. The summed E-state index contributed by atoms with van der Waals surface area (Å²) in [6, 6.07) is 67.1. The Morgan fingerprint density at radius 3 is 1.58 bits per heavy atom. The molecule has 2 aromatic heterocycles. The van der Waals surface area contributed by atoms with Crippen LogP contribution < -0.4 is 0 Å². The smallest absolute Gasteiger partial charge is 0.0647 e. The highest BCUT2D eigenvalue weighted by Crippen LogP contribution is 2.50. The molecule has 11 aromatic rings. The Bertz CT molecular complexity index is 3260. The lowest BCUT2D eigenvalue weighted by Crippen LogP contribution is -1.97. The molecule has 0 fully saturated rings. The van der Waals surface area contributed by atoms with Gasteiger partial charge in [0, 0.05) is 38.3 Å². The van der Waals surface area contributed by atoms with E-state index in [0.717, 1.165) is 5.69 Å². The third-order valence-corrected chi connectivity index (χ3v) is 11.4. The summed E-state index contributed by atoms with van der Waals surface area (Å²) >= 11 is 0. The third-order valence-electron chi connectivity index (χ3n) is 11.4. The van der Waals surface area contributed by atoms with Crippen LogP contribution in [0.1, 0.15) is 0 Å². The van der Waals surface area contributed by atoms with Crippen LogP contribution in [0.15, 0.2) is 182 Å². The molecule has 0 amide bonds. The van der Waals surface area contributed by atoms with Crippen LogP contribution in [0.3, 0.4) is 0 Å². The van der Waals surface area contributed by atoms with Crippen molar-refractivity contribution in [2.24, 2.45) is 0 Å². The second kappa shape index (κ2) is 10.3. The van der Waals surface area contributed by atoms with Crippen molar-refractivity contribution in [1.82, 2.24) is 9.13 Å². The highest BCUT2D eigenvalue weighted by atomic mass is 15.0. The fourth-order valence-corrected chi connectivity index (χ4v) is 9.28. The molecule has 240 valence electrons. The van der Waals surface area contributed by atoms with Crippen molar-refractivity contribution >= 4 is 65.2 Å². The van der Waals surface area contributed by atoms with Gasteiger partial charge < -0.3 is 9.13 Å². The molecule has 2 heteroatoms. The maximum absolute atomic E-state index is 2.52. The minimum absolute atomic E-state index is 1.16. The van der Waals surface area contributed by atoms with E-state index in [2.05, 4.69) is 191 Å². The van der Waals surface area contributed by atoms with Crippen molar-refractivity contribution in [1.29, 1.82) is 0 Å². The van der Waals surface area contributed by atoms with Gasteiger partial charge >= 0.3 is 0 Å². The number of rotatable bonds is 3. The van der Waals surface area contributed by atoms with Gasteiger partial charge in [-0.1, -0.05) is 146 Å². The largest absolute Gasteiger partial charge is 0.309 e. The summed E-state index contributed by atoms with van der Waals surface area (Å²) in [6.45, 7) is 0. The number of aromatic nitrogens is 2. The van der Waals surface area contributed by atoms with Crippen LogP contribution in [0, 0.1) is 0 Å². The third kappa shape index (κ3) is 3.63. The van der Waals surface area contributed by atoms with E-state index in [1.165, 1.54) is 104 Å². The molecule has 0 saturated heterocycles. The minimum atomic E-state index is 1.16. The Kier molecular flexibility index (Phi) is 5.53. The molecule has 0 saturated carbocycles. The van der Waals surface area contributed by atoms with Crippen LogP contribution in [0.4, 0.5) is 0 Å². The van der Waals surface area contributed by atoms with E-state index in [0.29, 0.717) is 0 Å². The van der Waals surface area contributed by atoms with Crippen molar-refractivity contribution in [3.8, 4) is 44.8 Å². The van der Waals surface area contributed by atoms with Crippen LogP contribution in [0.25, 0.3) is 110 Å². The van der Waals surface area contributed by atoms with Crippen molar-refractivity contribution in [3.63, 3.8) is 0 Å². The molecule has 0 unspecified atom stereocenters. The zero-order chi connectivity index (χ0) is 33.9. The Labute approximate surface area is 300 Å². The minimum Gasteiger partial charge on any atom is -0.309 e. The summed E-state index contributed by atoms with van der Waals surface area (Å²) in [4.78, 5) is 0. The number of benzene rings is 9. The van der Waals surface area contributed by atoms with Crippen LogP contribution in [0.5, 0.6) is 0 Å². The fourth-order valence-electron chi connectivity index (χ4n) is 9.28. The average molecular weight is 659 g/mol. The Balaban J connectivity index is 1.22. The normalized spacial score (nSPS) is 12.2. The maximum atomic E-state index is 2.52. The summed E-state index contributed by atoms with van der Waals surface area (Å²) in [7, 11) is 0. The van der Waals surface area contributed by atoms with Crippen LogP contribution >= 0.6 is 0 Å². The molecule has 1 aliphatic rings. The second-order valence-electron chi connectivity index (χ2n) is 14.0. The number of fused-ring (bicyclic) bond motifs is 13. The predicted octanol–water partition coefficient (Wildman–Crippen LogP) is 13.5. The van der Waals surface area contributed by atoms with Crippen LogP contribution in [-0.4, -0.2) is 9.13 Å². The van der Waals surface area contributed by atoms with Gasteiger partial charge in [-0.05, 0) is 85.9 Å². The lowest BCUT2D eigenvalue weighted by atomic mass is 9.99. The quantitative estimate of drug-likeness (QED) is 0.179. The molecule has 0 aliphatic heterocycles. The number of hydrogen-bond acceptors (Lipinski definition) is 0. The first-order valence-electron chi connectivity index (χ1n) is 18.0. The molecule has 0 radical (unpaired) electrons.